The van der Waals surface area contributed by atoms with Gasteiger partial charge in [-0.05, 0) is 47.4 Å². The van der Waals surface area contributed by atoms with Gasteiger partial charge in [0.25, 0.3) is 0 Å². The van der Waals surface area contributed by atoms with Gasteiger partial charge in [-0.1, -0.05) is 12.1 Å². The van der Waals surface area contributed by atoms with E-state index in [9.17, 15) is 4.79 Å². The van der Waals surface area contributed by atoms with Crippen LogP contribution in [0.25, 0.3) is 0 Å². The smallest absolute Gasteiger partial charge is 0.250 e. The molecule has 0 aliphatic carbocycles. The van der Waals surface area contributed by atoms with Crippen LogP contribution in [0.4, 0.5) is 5.69 Å². The van der Waals surface area contributed by atoms with Crippen LogP contribution < -0.4 is 10.6 Å². The van der Waals surface area contributed by atoms with Crippen LogP contribution in [-0.2, 0) is 9.53 Å². The van der Waals surface area contributed by atoms with Crippen molar-refractivity contribution in [3.05, 3.63) is 28.7 Å². The lowest BCUT2D eigenvalue weighted by Gasteiger charge is -2.22. The molecule has 1 aromatic rings. The molecule has 1 aliphatic rings. The Labute approximate surface area is 115 Å². The number of hydrogen-bond acceptors (Lipinski definition) is 3. The molecule has 1 fully saturated rings. The minimum Gasteiger partial charge on any atom is -0.367 e. The van der Waals surface area contributed by atoms with E-state index in [2.05, 4.69) is 26.6 Å². The van der Waals surface area contributed by atoms with Gasteiger partial charge in [0, 0.05) is 11.0 Å². The molecular weight excluding hydrogens is 296 g/mol. The summed E-state index contributed by atoms with van der Waals surface area (Å²) in [5, 5.41) is 6.07. The van der Waals surface area contributed by atoms with Gasteiger partial charge in [0.1, 0.15) is 6.61 Å². The largest absolute Gasteiger partial charge is 0.367 e. The summed E-state index contributed by atoms with van der Waals surface area (Å²) >= 11 is 3.39. The second-order valence-electron chi connectivity index (χ2n) is 4.31. The lowest BCUT2D eigenvalue weighted by Crippen LogP contribution is -2.37. The third-order valence-corrected chi connectivity index (χ3v) is 3.54. The number of carbonyl (C=O) groups excluding carboxylic acids is 1. The molecule has 2 N–H and O–H groups in total. The number of anilines is 1. The van der Waals surface area contributed by atoms with Crippen molar-refractivity contribution in [2.45, 2.75) is 18.9 Å². The Kier molecular flexibility index (Phi) is 5.16. The molecule has 4 nitrogen and oxygen atoms in total. The van der Waals surface area contributed by atoms with E-state index < -0.39 is 0 Å². The number of carbonyl (C=O) groups is 1. The van der Waals surface area contributed by atoms with E-state index in [0.717, 1.165) is 36.1 Å². The number of nitrogens with one attached hydrogen (secondary N) is 2. The molecule has 1 saturated heterocycles. The van der Waals surface area contributed by atoms with Crippen LogP contribution in [-0.4, -0.2) is 31.7 Å². The van der Waals surface area contributed by atoms with Gasteiger partial charge < -0.3 is 15.4 Å². The van der Waals surface area contributed by atoms with Gasteiger partial charge in [-0.25, -0.2) is 0 Å². The predicted octanol–water partition coefficient (Wildman–Crippen LogP) is 2.16. The Morgan fingerprint density at radius 3 is 3.06 bits per heavy atom. The lowest BCUT2D eigenvalue weighted by atomic mass is 10.1. The number of ether oxygens (including phenoxy) is 1. The third-order valence-electron chi connectivity index (χ3n) is 2.85. The SMILES string of the molecule is O=C(COC1CCCNC1)Nc1ccccc1Br. The van der Waals surface area contributed by atoms with E-state index in [-0.39, 0.29) is 18.6 Å². The highest BCUT2D eigenvalue weighted by Gasteiger charge is 2.15. The van der Waals surface area contributed by atoms with Crippen LogP contribution in [0.3, 0.4) is 0 Å². The molecule has 0 saturated carbocycles. The summed E-state index contributed by atoms with van der Waals surface area (Å²) in [7, 11) is 0. The first kappa shape index (κ1) is 13.5. The first-order chi connectivity index (χ1) is 8.75. The number of benzene rings is 1. The first-order valence-corrected chi connectivity index (χ1v) is 6.91. The fourth-order valence-corrected chi connectivity index (χ4v) is 2.29. The van der Waals surface area contributed by atoms with Crippen molar-refractivity contribution in [3.63, 3.8) is 0 Å². The maximum absolute atomic E-state index is 11.7. The van der Waals surface area contributed by atoms with Crippen molar-refractivity contribution >= 4 is 27.5 Å². The van der Waals surface area contributed by atoms with Gasteiger partial charge in [-0.2, -0.15) is 0 Å². The Morgan fingerprint density at radius 1 is 1.50 bits per heavy atom. The monoisotopic (exact) mass is 312 g/mol. The zero-order chi connectivity index (χ0) is 12.8. The molecule has 0 radical (unpaired) electrons. The summed E-state index contributed by atoms with van der Waals surface area (Å²) in [6.45, 7) is 1.99. The average Bonchev–Trinajstić information content (AvgIpc) is 2.40. The van der Waals surface area contributed by atoms with Gasteiger partial charge in [0.05, 0.1) is 11.8 Å². The zero-order valence-electron chi connectivity index (χ0n) is 10.1. The maximum Gasteiger partial charge on any atom is 0.250 e. The van der Waals surface area contributed by atoms with Gasteiger partial charge in [-0.3, -0.25) is 4.79 Å². The minimum absolute atomic E-state index is 0.105. The van der Waals surface area contributed by atoms with E-state index in [1.54, 1.807) is 0 Å². The van der Waals surface area contributed by atoms with Crippen LogP contribution >= 0.6 is 15.9 Å². The molecule has 0 spiro atoms. The molecule has 1 aliphatic heterocycles. The normalized spacial score (nSPS) is 19.5. The Morgan fingerprint density at radius 2 is 2.33 bits per heavy atom. The molecule has 1 amide bonds. The summed E-state index contributed by atoms with van der Waals surface area (Å²) in [6, 6.07) is 7.53. The molecule has 1 aromatic carbocycles. The number of piperidine rings is 1. The number of para-hydroxylation sites is 1. The Balaban J connectivity index is 1.76. The van der Waals surface area contributed by atoms with Crippen LogP contribution in [0.15, 0.2) is 28.7 Å². The molecule has 0 aromatic heterocycles. The van der Waals surface area contributed by atoms with Crippen molar-refractivity contribution < 1.29 is 9.53 Å². The molecule has 1 atom stereocenters. The number of hydrogen-bond donors (Lipinski definition) is 2. The summed E-state index contributed by atoms with van der Waals surface area (Å²) in [5.74, 6) is -0.118. The van der Waals surface area contributed by atoms with Crippen molar-refractivity contribution in [2.75, 3.05) is 25.0 Å². The number of halogens is 1. The predicted molar refractivity (Wildman–Crippen MR) is 74.6 cm³/mol. The van der Waals surface area contributed by atoms with Crippen molar-refractivity contribution in [3.8, 4) is 0 Å². The zero-order valence-corrected chi connectivity index (χ0v) is 11.7. The molecule has 1 unspecified atom stereocenters. The third kappa shape index (κ3) is 4.08. The summed E-state index contributed by atoms with van der Waals surface area (Å²) < 4.78 is 6.44. The Hall–Kier alpha value is -0.910. The second kappa shape index (κ2) is 6.87. The molecule has 1 heterocycles. The van der Waals surface area contributed by atoms with Crippen LogP contribution in [0.1, 0.15) is 12.8 Å². The van der Waals surface area contributed by atoms with Crippen LogP contribution in [0.5, 0.6) is 0 Å². The lowest BCUT2D eigenvalue weighted by molar-refractivity contribution is -0.122. The van der Waals surface area contributed by atoms with E-state index in [0.29, 0.717) is 0 Å². The first-order valence-electron chi connectivity index (χ1n) is 6.12. The molecule has 18 heavy (non-hydrogen) atoms. The van der Waals surface area contributed by atoms with Gasteiger partial charge in [0.2, 0.25) is 5.91 Å². The maximum atomic E-state index is 11.7. The molecular formula is C13H17BrN2O2. The topological polar surface area (TPSA) is 50.4 Å². The highest BCUT2D eigenvalue weighted by molar-refractivity contribution is 9.10. The molecule has 5 heteroatoms. The van der Waals surface area contributed by atoms with Crippen molar-refractivity contribution in [1.82, 2.24) is 5.32 Å². The average molecular weight is 313 g/mol. The quantitative estimate of drug-likeness (QED) is 0.895. The highest BCUT2D eigenvalue weighted by atomic mass is 79.9. The summed E-state index contributed by atoms with van der Waals surface area (Å²) in [4.78, 5) is 11.7. The Bertz CT molecular complexity index is 406. The molecule has 0 bridgehead atoms. The van der Waals surface area contributed by atoms with Gasteiger partial charge in [0.15, 0.2) is 0 Å². The summed E-state index contributed by atoms with van der Waals surface area (Å²) in [5.41, 5.74) is 0.771. The van der Waals surface area contributed by atoms with E-state index >= 15 is 0 Å². The van der Waals surface area contributed by atoms with Gasteiger partial charge >= 0.3 is 0 Å². The summed E-state index contributed by atoms with van der Waals surface area (Å²) in [6.07, 6.45) is 2.29. The molecule has 98 valence electrons. The number of amides is 1. The minimum atomic E-state index is -0.118. The van der Waals surface area contributed by atoms with Crippen molar-refractivity contribution in [2.24, 2.45) is 0 Å². The van der Waals surface area contributed by atoms with Crippen molar-refractivity contribution in [1.29, 1.82) is 0 Å². The number of rotatable bonds is 4. The second-order valence-corrected chi connectivity index (χ2v) is 5.16. The van der Waals surface area contributed by atoms with Gasteiger partial charge in [-0.15, -0.1) is 0 Å². The van der Waals surface area contributed by atoms with E-state index in [1.165, 1.54) is 0 Å². The van der Waals surface area contributed by atoms with Crippen LogP contribution in [0.2, 0.25) is 0 Å². The standard InChI is InChI=1S/C13H17BrN2O2/c14-11-5-1-2-6-12(11)16-13(17)9-18-10-4-3-7-15-8-10/h1-2,5-6,10,15H,3-4,7-9H2,(H,16,17). The van der Waals surface area contributed by atoms with E-state index in [1.807, 2.05) is 24.3 Å². The van der Waals surface area contributed by atoms with Crippen LogP contribution in [0, 0.1) is 0 Å². The fourth-order valence-electron chi connectivity index (χ4n) is 1.90. The highest BCUT2D eigenvalue weighted by Crippen LogP contribution is 2.21. The molecule has 2 rings (SSSR count). The van der Waals surface area contributed by atoms with E-state index in [4.69, 9.17) is 4.74 Å². The fraction of sp³-hybridized carbons (Fsp3) is 0.462.